The van der Waals surface area contributed by atoms with Crippen molar-refractivity contribution in [2.75, 3.05) is 19.6 Å². The van der Waals surface area contributed by atoms with Crippen LogP contribution in [0.1, 0.15) is 47.3 Å². The number of likely N-dealkylation sites (tertiary alicyclic amines) is 1. The Kier molecular flexibility index (Phi) is 5.33. The molecule has 0 spiro atoms. The van der Waals surface area contributed by atoms with Gasteiger partial charge in [0.05, 0.1) is 24.0 Å². The summed E-state index contributed by atoms with van der Waals surface area (Å²) in [6.07, 6.45) is 9.54. The van der Waals surface area contributed by atoms with E-state index in [4.69, 9.17) is 0 Å². The molecular weight excluding hydrogens is 344 g/mol. The maximum absolute atomic E-state index is 12.3. The van der Waals surface area contributed by atoms with Crippen molar-refractivity contribution in [1.29, 1.82) is 0 Å². The number of nitrogens with zero attached hydrogens (tertiary/aromatic N) is 4. The van der Waals surface area contributed by atoms with Crippen LogP contribution in [0.15, 0.2) is 23.3 Å². The van der Waals surface area contributed by atoms with Crippen LogP contribution in [0.25, 0.3) is 0 Å². The topological polar surface area (TPSA) is 95.9 Å². The second kappa shape index (κ2) is 8.04. The Morgan fingerprint density at radius 1 is 1.26 bits per heavy atom. The van der Waals surface area contributed by atoms with Crippen LogP contribution < -0.4 is 10.9 Å². The summed E-state index contributed by atoms with van der Waals surface area (Å²) in [7, 11) is 0. The van der Waals surface area contributed by atoms with Crippen molar-refractivity contribution in [3.05, 3.63) is 45.6 Å². The van der Waals surface area contributed by atoms with Crippen LogP contribution in [0.3, 0.4) is 0 Å². The summed E-state index contributed by atoms with van der Waals surface area (Å²) >= 11 is 0. The second-order valence-electron chi connectivity index (χ2n) is 7.41. The number of fused-ring (bicyclic) bond motifs is 1. The molecule has 1 saturated heterocycles. The van der Waals surface area contributed by atoms with Gasteiger partial charge in [-0.05, 0) is 44.2 Å². The number of amides is 1. The summed E-state index contributed by atoms with van der Waals surface area (Å²) in [4.78, 5) is 26.8. The van der Waals surface area contributed by atoms with Gasteiger partial charge in [0, 0.05) is 31.4 Å². The zero-order valence-electron chi connectivity index (χ0n) is 15.5. The summed E-state index contributed by atoms with van der Waals surface area (Å²) in [6, 6.07) is 2.05. The van der Waals surface area contributed by atoms with E-state index in [0.29, 0.717) is 24.7 Å². The fourth-order valence-corrected chi connectivity index (χ4v) is 4.10. The summed E-state index contributed by atoms with van der Waals surface area (Å²) in [5, 5.41) is 14.0. The van der Waals surface area contributed by atoms with E-state index in [1.807, 2.05) is 0 Å². The Morgan fingerprint density at radius 3 is 3.04 bits per heavy atom. The highest BCUT2D eigenvalue weighted by atomic mass is 16.1. The third kappa shape index (κ3) is 4.10. The SMILES string of the molecule is O=C(NCC1CCCCN1CCn1nc2c(cc1=O)CCC2)c1cn[nH]c1. The standard InChI is InChI=1S/C19H26N6O2/c26-18-10-14-4-3-6-17(14)23-25(18)9-8-24-7-2-1-5-16(24)13-20-19(27)15-11-21-22-12-15/h10-12,16H,1-9,13H2,(H,20,27)(H,21,22). The number of rotatable bonds is 6. The van der Waals surface area contributed by atoms with Gasteiger partial charge in [-0.3, -0.25) is 19.6 Å². The summed E-state index contributed by atoms with van der Waals surface area (Å²) in [5.74, 6) is -0.106. The molecule has 1 aliphatic carbocycles. The molecule has 1 aliphatic heterocycles. The normalized spacial score (nSPS) is 19.8. The van der Waals surface area contributed by atoms with Crippen molar-refractivity contribution in [3.63, 3.8) is 0 Å². The average molecular weight is 370 g/mol. The van der Waals surface area contributed by atoms with Gasteiger partial charge in [-0.25, -0.2) is 4.68 Å². The van der Waals surface area contributed by atoms with Gasteiger partial charge >= 0.3 is 0 Å². The first-order chi connectivity index (χ1) is 13.2. The first kappa shape index (κ1) is 17.9. The highest BCUT2D eigenvalue weighted by molar-refractivity contribution is 5.93. The van der Waals surface area contributed by atoms with Crippen molar-refractivity contribution < 1.29 is 4.79 Å². The zero-order chi connectivity index (χ0) is 18.6. The molecule has 2 aromatic rings. The van der Waals surface area contributed by atoms with Gasteiger partial charge in [0.2, 0.25) is 0 Å². The number of aryl methyl sites for hydroxylation is 2. The maximum atomic E-state index is 12.3. The van der Waals surface area contributed by atoms with Gasteiger partial charge in [0.15, 0.2) is 0 Å². The minimum atomic E-state index is -0.106. The summed E-state index contributed by atoms with van der Waals surface area (Å²) in [5.41, 5.74) is 2.75. The van der Waals surface area contributed by atoms with Gasteiger partial charge in [0.25, 0.3) is 11.5 Å². The molecule has 0 saturated carbocycles. The molecule has 2 aromatic heterocycles. The summed E-state index contributed by atoms with van der Waals surface area (Å²) in [6.45, 7) is 2.97. The van der Waals surface area contributed by atoms with Crippen LogP contribution in [0.4, 0.5) is 0 Å². The monoisotopic (exact) mass is 370 g/mol. The average Bonchev–Trinajstić information content (AvgIpc) is 3.36. The van der Waals surface area contributed by atoms with Crippen molar-refractivity contribution >= 4 is 5.91 Å². The van der Waals surface area contributed by atoms with Crippen molar-refractivity contribution in [3.8, 4) is 0 Å². The molecule has 3 heterocycles. The van der Waals surface area contributed by atoms with Crippen LogP contribution >= 0.6 is 0 Å². The van der Waals surface area contributed by atoms with Crippen LogP contribution in [-0.4, -0.2) is 56.5 Å². The van der Waals surface area contributed by atoms with Crippen LogP contribution in [0, 0.1) is 0 Å². The lowest BCUT2D eigenvalue weighted by Crippen LogP contribution is -2.48. The first-order valence-electron chi connectivity index (χ1n) is 9.81. The number of aromatic nitrogens is 4. The fraction of sp³-hybridized carbons (Fsp3) is 0.579. The smallest absolute Gasteiger partial charge is 0.267 e. The molecule has 1 unspecified atom stereocenters. The fourth-order valence-electron chi connectivity index (χ4n) is 4.10. The van der Waals surface area contributed by atoms with E-state index in [-0.39, 0.29) is 11.5 Å². The Hall–Kier alpha value is -2.48. The van der Waals surface area contributed by atoms with Crippen LogP contribution in [0.2, 0.25) is 0 Å². The molecular formula is C19H26N6O2. The lowest BCUT2D eigenvalue weighted by molar-refractivity contribution is 0.0909. The van der Waals surface area contributed by atoms with Crippen LogP contribution in [-0.2, 0) is 19.4 Å². The molecule has 4 rings (SSSR count). The molecule has 0 radical (unpaired) electrons. The maximum Gasteiger partial charge on any atom is 0.267 e. The largest absolute Gasteiger partial charge is 0.350 e. The number of piperidine rings is 1. The highest BCUT2D eigenvalue weighted by Gasteiger charge is 2.23. The molecule has 8 nitrogen and oxygen atoms in total. The Balaban J connectivity index is 1.35. The predicted molar refractivity (Wildman–Crippen MR) is 101 cm³/mol. The van der Waals surface area contributed by atoms with Crippen molar-refractivity contribution in [1.82, 2.24) is 30.2 Å². The predicted octanol–water partition coefficient (Wildman–Crippen LogP) is 0.740. The number of hydrogen-bond donors (Lipinski definition) is 2. The number of hydrogen-bond acceptors (Lipinski definition) is 5. The lowest BCUT2D eigenvalue weighted by atomic mass is 10.0. The number of carbonyl (C=O) groups excluding carboxylic acids is 1. The Labute approximate surface area is 158 Å². The van der Waals surface area contributed by atoms with Gasteiger partial charge in [-0.2, -0.15) is 10.2 Å². The van der Waals surface area contributed by atoms with E-state index in [1.165, 1.54) is 12.6 Å². The Bertz CT molecular complexity index is 844. The van der Waals surface area contributed by atoms with Gasteiger partial charge in [-0.1, -0.05) is 6.42 Å². The molecule has 27 heavy (non-hydrogen) atoms. The minimum Gasteiger partial charge on any atom is -0.350 e. The molecule has 2 N–H and O–H groups in total. The zero-order valence-corrected chi connectivity index (χ0v) is 15.5. The molecule has 1 fully saturated rings. The van der Waals surface area contributed by atoms with E-state index in [1.54, 1.807) is 16.9 Å². The molecule has 0 bridgehead atoms. The molecule has 0 aromatic carbocycles. The van der Waals surface area contributed by atoms with Gasteiger partial charge < -0.3 is 5.32 Å². The Morgan fingerprint density at radius 2 is 2.19 bits per heavy atom. The highest BCUT2D eigenvalue weighted by Crippen LogP contribution is 2.18. The van der Waals surface area contributed by atoms with Gasteiger partial charge in [-0.15, -0.1) is 0 Å². The molecule has 8 heteroatoms. The molecule has 1 amide bonds. The number of carbonyl (C=O) groups is 1. The van der Waals surface area contributed by atoms with Gasteiger partial charge in [0.1, 0.15) is 0 Å². The van der Waals surface area contributed by atoms with E-state index in [0.717, 1.165) is 56.5 Å². The molecule has 1 atom stereocenters. The van der Waals surface area contributed by atoms with E-state index in [9.17, 15) is 9.59 Å². The minimum absolute atomic E-state index is 0.00234. The molecule has 144 valence electrons. The van der Waals surface area contributed by atoms with Crippen LogP contribution in [0.5, 0.6) is 0 Å². The van der Waals surface area contributed by atoms with Crippen molar-refractivity contribution in [2.45, 2.75) is 51.1 Å². The third-order valence-electron chi connectivity index (χ3n) is 5.63. The third-order valence-corrected chi connectivity index (χ3v) is 5.63. The number of aromatic amines is 1. The van der Waals surface area contributed by atoms with Crippen molar-refractivity contribution in [2.24, 2.45) is 0 Å². The number of H-pyrrole nitrogens is 1. The number of nitrogens with one attached hydrogen (secondary N) is 2. The lowest BCUT2D eigenvalue weighted by Gasteiger charge is -2.35. The van der Waals surface area contributed by atoms with E-state index < -0.39 is 0 Å². The second-order valence-corrected chi connectivity index (χ2v) is 7.41. The van der Waals surface area contributed by atoms with E-state index in [2.05, 4.69) is 25.5 Å². The molecule has 2 aliphatic rings. The van der Waals surface area contributed by atoms with E-state index >= 15 is 0 Å². The summed E-state index contributed by atoms with van der Waals surface area (Å²) < 4.78 is 1.61. The first-order valence-corrected chi connectivity index (χ1v) is 9.81. The quantitative estimate of drug-likeness (QED) is 0.782.